The average molecular weight is 254 g/mol. The van der Waals surface area contributed by atoms with Gasteiger partial charge in [-0.25, -0.2) is 9.97 Å². The van der Waals surface area contributed by atoms with E-state index in [1.807, 2.05) is 0 Å². The van der Waals surface area contributed by atoms with Crippen molar-refractivity contribution in [1.82, 2.24) is 9.97 Å². The lowest BCUT2D eigenvalue weighted by atomic mass is 10.1. The lowest BCUT2D eigenvalue weighted by Gasteiger charge is -2.29. The molecule has 0 atom stereocenters. The SMILES string of the molecule is CCCc1c(N)ncnc1N1CCS(=O)CC1. The zero-order valence-electron chi connectivity index (χ0n) is 10.1. The van der Waals surface area contributed by atoms with Crippen molar-refractivity contribution in [2.24, 2.45) is 0 Å². The summed E-state index contributed by atoms with van der Waals surface area (Å²) in [5.41, 5.74) is 6.93. The fraction of sp³-hybridized carbons (Fsp3) is 0.636. The van der Waals surface area contributed by atoms with Crippen LogP contribution in [0.15, 0.2) is 6.33 Å². The Bertz CT molecular complexity index is 414. The molecule has 0 bridgehead atoms. The maximum atomic E-state index is 11.3. The molecule has 2 N–H and O–H groups in total. The van der Waals surface area contributed by atoms with Gasteiger partial charge in [-0.15, -0.1) is 0 Å². The van der Waals surface area contributed by atoms with Crippen molar-refractivity contribution in [2.45, 2.75) is 19.8 Å². The molecule has 94 valence electrons. The van der Waals surface area contributed by atoms with Crippen LogP contribution < -0.4 is 10.6 Å². The Kier molecular flexibility index (Phi) is 3.93. The van der Waals surface area contributed by atoms with Crippen molar-refractivity contribution in [3.05, 3.63) is 11.9 Å². The van der Waals surface area contributed by atoms with Crippen LogP contribution in [0, 0.1) is 0 Å². The maximum Gasteiger partial charge on any atom is 0.137 e. The Balaban J connectivity index is 2.25. The highest BCUT2D eigenvalue weighted by Gasteiger charge is 2.20. The third kappa shape index (κ3) is 2.74. The highest BCUT2D eigenvalue weighted by atomic mass is 32.2. The van der Waals surface area contributed by atoms with Gasteiger partial charge in [0.05, 0.1) is 0 Å². The summed E-state index contributed by atoms with van der Waals surface area (Å²) >= 11 is 0. The van der Waals surface area contributed by atoms with Gasteiger partial charge in [-0.1, -0.05) is 13.3 Å². The first-order valence-corrected chi connectivity index (χ1v) is 7.40. The predicted molar refractivity (Wildman–Crippen MR) is 70.5 cm³/mol. The third-order valence-electron chi connectivity index (χ3n) is 2.93. The van der Waals surface area contributed by atoms with E-state index >= 15 is 0 Å². The van der Waals surface area contributed by atoms with Crippen LogP contribution in [0.3, 0.4) is 0 Å². The van der Waals surface area contributed by atoms with Gasteiger partial charge in [0, 0.05) is 41.0 Å². The number of nitrogens with zero attached hydrogens (tertiary/aromatic N) is 3. The van der Waals surface area contributed by atoms with E-state index in [0.29, 0.717) is 5.82 Å². The van der Waals surface area contributed by atoms with E-state index in [-0.39, 0.29) is 0 Å². The van der Waals surface area contributed by atoms with Gasteiger partial charge < -0.3 is 10.6 Å². The molecule has 2 rings (SSSR count). The monoisotopic (exact) mass is 254 g/mol. The summed E-state index contributed by atoms with van der Waals surface area (Å²) in [5, 5.41) is 0. The lowest BCUT2D eigenvalue weighted by molar-refractivity contribution is 0.671. The highest BCUT2D eigenvalue weighted by Crippen LogP contribution is 2.23. The Morgan fingerprint density at radius 2 is 2.12 bits per heavy atom. The van der Waals surface area contributed by atoms with E-state index in [2.05, 4.69) is 21.8 Å². The predicted octanol–water partition coefficient (Wildman–Crippen LogP) is 0.580. The molecule has 0 unspecified atom stereocenters. The molecule has 0 radical (unpaired) electrons. The molecule has 1 aliphatic rings. The van der Waals surface area contributed by atoms with Crippen LogP contribution in [0.4, 0.5) is 11.6 Å². The highest BCUT2D eigenvalue weighted by molar-refractivity contribution is 7.85. The first-order chi connectivity index (χ1) is 8.22. The van der Waals surface area contributed by atoms with E-state index in [4.69, 9.17) is 5.73 Å². The summed E-state index contributed by atoms with van der Waals surface area (Å²) in [5.74, 6) is 2.94. The molecule has 17 heavy (non-hydrogen) atoms. The van der Waals surface area contributed by atoms with E-state index in [1.54, 1.807) is 0 Å². The van der Waals surface area contributed by atoms with E-state index in [9.17, 15) is 4.21 Å². The summed E-state index contributed by atoms with van der Waals surface area (Å²) in [6.45, 7) is 3.70. The van der Waals surface area contributed by atoms with Crippen LogP contribution in [0.1, 0.15) is 18.9 Å². The third-order valence-corrected chi connectivity index (χ3v) is 4.21. The van der Waals surface area contributed by atoms with Crippen molar-refractivity contribution in [1.29, 1.82) is 0 Å². The molecule has 5 nitrogen and oxygen atoms in total. The van der Waals surface area contributed by atoms with Gasteiger partial charge in [-0.05, 0) is 6.42 Å². The van der Waals surface area contributed by atoms with Crippen molar-refractivity contribution in [3.8, 4) is 0 Å². The van der Waals surface area contributed by atoms with Gasteiger partial charge in [0.2, 0.25) is 0 Å². The molecule has 0 saturated carbocycles. The summed E-state index contributed by atoms with van der Waals surface area (Å²) in [4.78, 5) is 10.6. The van der Waals surface area contributed by atoms with Gasteiger partial charge >= 0.3 is 0 Å². The van der Waals surface area contributed by atoms with Crippen molar-refractivity contribution >= 4 is 22.4 Å². The van der Waals surface area contributed by atoms with E-state index < -0.39 is 10.8 Å². The minimum Gasteiger partial charge on any atom is -0.383 e. The number of hydrogen-bond donors (Lipinski definition) is 1. The molecule has 6 heteroatoms. The van der Waals surface area contributed by atoms with Crippen LogP contribution in [0.5, 0.6) is 0 Å². The van der Waals surface area contributed by atoms with Crippen LogP contribution in [0.2, 0.25) is 0 Å². The number of anilines is 2. The fourth-order valence-electron chi connectivity index (χ4n) is 2.03. The number of rotatable bonds is 3. The Morgan fingerprint density at radius 3 is 2.76 bits per heavy atom. The van der Waals surface area contributed by atoms with Crippen LogP contribution in [0.25, 0.3) is 0 Å². The van der Waals surface area contributed by atoms with Crippen LogP contribution in [-0.4, -0.2) is 38.8 Å². The van der Waals surface area contributed by atoms with Crippen LogP contribution >= 0.6 is 0 Å². The van der Waals surface area contributed by atoms with Crippen LogP contribution in [-0.2, 0) is 17.2 Å². The molecule has 1 aromatic heterocycles. The lowest BCUT2D eigenvalue weighted by Crippen LogP contribution is -2.39. The zero-order chi connectivity index (χ0) is 12.3. The number of aromatic nitrogens is 2. The van der Waals surface area contributed by atoms with Gasteiger partial charge in [-0.2, -0.15) is 0 Å². The molecule has 1 aromatic rings. The first-order valence-electron chi connectivity index (χ1n) is 5.91. The molecule has 0 amide bonds. The van der Waals surface area contributed by atoms with Crippen molar-refractivity contribution < 1.29 is 4.21 Å². The number of nitrogen functional groups attached to an aromatic ring is 1. The van der Waals surface area contributed by atoms with Gasteiger partial charge in [-0.3, -0.25) is 4.21 Å². The topological polar surface area (TPSA) is 72.1 Å². The van der Waals surface area contributed by atoms with Crippen molar-refractivity contribution in [2.75, 3.05) is 35.2 Å². The molecule has 1 fully saturated rings. The van der Waals surface area contributed by atoms with Gasteiger partial charge in [0.25, 0.3) is 0 Å². The van der Waals surface area contributed by atoms with E-state index in [1.165, 1.54) is 6.33 Å². The minimum atomic E-state index is -0.667. The van der Waals surface area contributed by atoms with Gasteiger partial charge in [0.1, 0.15) is 18.0 Å². The molecule has 1 aliphatic heterocycles. The van der Waals surface area contributed by atoms with Gasteiger partial charge in [0.15, 0.2) is 0 Å². The second kappa shape index (κ2) is 5.44. The maximum absolute atomic E-state index is 11.3. The standard InChI is InChI=1S/C11H18N4OS/c1-2-3-9-10(12)13-8-14-11(9)15-4-6-17(16)7-5-15/h8H,2-7H2,1H3,(H2,12,13,14). The molecular weight excluding hydrogens is 236 g/mol. The molecule has 0 aromatic carbocycles. The molecule has 0 spiro atoms. The first kappa shape index (κ1) is 12.3. The summed E-state index contributed by atoms with van der Waals surface area (Å²) < 4.78 is 11.3. The molecular formula is C11H18N4OS. The second-order valence-electron chi connectivity index (χ2n) is 4.15. The smallest absolute Gasteiger partial charge is 0.137 e. The largest absolute Gasteiger partial charge is 0.383 e. The minimum absolute atomic E-state index is 0.573. The number of nitrogens with two attached hydrogens (primary N) is 1. The fourth-order valence-corrected chi connectivity index (χ4v) is 3.08. The molecule has 2 heterocycles. The zero-order valence-corrected chi connectivity index (χ0v) is 10.9. The molecule has 0 aliphatic carbocycles. The quantitative estimate of drug-likeness (QED) is 0.854. The summed E-state index contributed by atoms with van der Waals surface area (Å²) in [7, 11) is -0.667. The van der Waals surface area contributed by atoms with Crippen molar-refractivity contribution in [3.63, 3.8) is 0 Å². The Morgan fingerprint density at radius 1 is 1.41 bits per heavy atom. The Labute approximate surface area is 104 Å². The number of hydrogen-bond acceptors (Lipinski definition) is 5. The van der Waals surface area contributed by atoms with E-state index in [0.717, 1.165) is 48.8 Å². The summed E-state index contributed by atoms with van der Waals surface area (Å²) in [6, 6.07) is 0. The average Bonchev–Trinajstić information content (AvgIpc) is 2.33. The molecule has 1 saturated heterocycles. The normalized spacial score (nSPS) is 17.4. The Hall–Kier alpha value is -1.17. The summed E-state index contributed by atoms with van der Waals surface area (Å²) in [6.07, 6.45) is 3.42. The second-order valence-corrected chi connectivity index (χ2v) is 5.84.